The van der Waals surface area contributed by atoms with E-state index in [9.17, 15) is 14.7 Å². The van der Waals surface area contributed by atoms with Crippen LogP contribution < -0.4 is 0 Å². The van der Waals surface area contributed by atoms with Crippen molar-refractivity contribution < 1.29 is 14.7 Å². The highest BCUT2D eigenvalue weighted by molar-refractivity contribution is 6.26. The van der Waals surface area contributed by atoms with E-state index in [2.05, 4.69) is 39.0 Å². The van der Waals surface area contributed by atoms with Crippen molar-refractivity contribution in [3.63, 3.8) is 0 Å². The van der Waals surface area contributed by atoms with Crippen molar-refractivity contribution in [1.82, 2.24) is 4.90 Å². The molecule has 166 valence electrons. The quantitative estimate of drug-likeness (QED) is 0.294. The number of ketones is 1. The molecule has 0 aromatic heterocycles. The van der Waals surface area contributed by atoms with E-state index in [1.54, 1.807) is 11.9 Å². The molecule has 2 aliphatic carbocycles. The second-order valence-electron chi connectivity index (χ2n) is 10.1. The Morgan fingerprint density at radius 2 is 1.93 bits per heavy atom. The van der Waals surface area contributed by atoms with E-state index < -0.39 is 6.04 Å². The smallest absolute Gasteiger partial charge is 0.261 e. The molecule has 1 amide bonds. The van der Waals surface area contributed by atoms with Crippen LogP contribution in [0, 0.1) is 41.4 Å². The molecule has 3 aliphatic rings. The number of fused-ring (bicyclic) bond motifs is 1. The number of aliphatic hydroxyl groups is 1. The minimum atomic E-state index is -0.473. The zero-order valence-electron chi connectivity index (χ0n) is 19.7. The average molecular weight is 414 g/mol. The van der Waals surface area contributed by atoms with Gasteiger partial charge in [-0.05, 0) is 56.3 Å². The molecule has 8 unspecified atom stereocenters. The Kier molecular flexibility index (Phi) is 6.64. The summed E-state index contributed by atoms with van der Waals surface area (Å²) in [5.41, 5.74) is 1.22. The van der Waals surface area contributed by atoms with Crippen LogP contribution in [0.15, 0.2) is 35.1 Å². The zero-order valence-corrected chi connectivity index (χ0v) is 19.7. The molecule has 30 heavy (non-hydrogen) atoms. The number of likely N-dealkylation sites (N-methyl/N-ethyl adjacent to an activating group) is 1. The summed E-state index contributed by atoms with van der Waals surface area (Å²) in [6.45, 7) is 12.7. The summed E-state index contributed by atoms with van der Waals surface area (Å²) >= 11 is 0. The topological polar surface area (TPSA) is 57.6 Å². The first kappa shape index (κ1) is 22.8. The number of aliphatic hydroxyl groups excluding tert-OH is 1. The lowest BCUT2D eigenvalue weighted by Crippen LogP contribution is -2.42. The lowest BCUT2D eigenvalue weighted by molar-refractivity contribution is -0.126. The number of likely N-dealkylation sites (tertiary alicyclic amines) is 1. The summed E-state index contributed by atoms with van der Waals surface area (Å²) in [7, 11) is 1.69. The second kappa shape index (κ2) is 8.72. The van der Waals surface area contributed by atoms with Gasteiger partial charge < -0.3 is 10.0 Å². The van der Waals surface area contributed by atoms with Gasteiger partial charge in [-0.1, -0.05) is 57.9 Å². The third-order valence-electron chi connectivity index (χ3n) is 8.17. The van der Waals surface area contributed by atoms with Crippen LogP contribution in [0.1, 0.15) is 60.8 Å². The fourth-order valence-corrected chi connectivity index (χ4v) is 6.36. The zero-order chi connectivity index (χ0) is 22.3. The molecule has 8 atom stereocenters. The van der Waals surface area contributed by atoms with Gasteiger partial charge in [0.05, 0.1) is 6.04 Å². The van der Waals surface area contributed by atoms with E-state index in [4.69, 9.17) is 0 Å². The summed E-state index contributed by atoms with van der Waals surface area (Å²) in [6.07, 6.45) is 9.66. The highest BCUT2D eigenvalue weighted by atomic mass is 16.3. The number of allylic oxidation sites excluding steroid dienone is 5. The van der Waals surface area contributed by atoms with Crippen molar-refractivity contribution in [2.45, 2.75) is 66.8 Å². The van der Waals surface area contributed by atoms with Crippen molar-refractivity contribution in [1.29, 1.82) is 0 Å². The highest BCUT2D eigenvalue weighted by Crippen LogP contribution is 2.52. The maximum Gasteiger partial charge on any atom is 0.261 e. The van der Waals surface area contributed by atoms with Gasteiger partial charge in [0, 0.05) is 18.9 Å². The summed E-state index contributed by atoms with van der Waals surface area (Å²) in [5.74, 6) is 1.09. The van der Waals surface area contributed by atoms with Crippen LogP contribution in [0.4, 0.5) is 0 Å². The van der Waals surface area contributed by atoms with Gasteiger partial charge in [-0.3, -0.25) is 9.59 Å². The summed E-state index contributed by atoms with van der Waals surface area (Å²) < 4.78 is 0. The number of amides is 1. The number of hydrogen-bond donors (Lipinski definition) is 1. The molecule has 1 N–H and O–H groups in total. The van der Waals surface area contributed by atoms with Gasteiger partial charge >= 0.3 is 0 Å². The average Bonchev–Trinajstić information content (AvgIpc) is 2.93. The third kappa shape index (κ3) is 3.67. The number of carbonyl (C=O) groups is 2. The van der Waals surface area contributed by atoms with Crippen molar-refractivity contribution in [3.05, 3.63) is 35.1 Å². The summed E-state index contributed by atoms with van der Waals surface area (Å²) in [4.78, 5) is 28.0. The molecular formula is C26H39NO3. The van der Waals surface area contributed by atoms with Crippen LogP contribution in [-0.2, 0) is 9.59 Å². The molecule has 0 aromatic carbocycles. The molecule has 3 rings (SSSR count). The lowest BCUT2D eigenvalue weighted by Gasteiger charge is -2.47. The summed E-state index contributed by atoms with van der Waals surface area (Å²) in [6, 6.07) is -0.473. The van der Waals surface area contributed by atoms with Crippen molar-refractivity contribution in [2.24, 2.45) is 41.4 Å². The predicted octanol–water partition coefficient (Wildman–Crippen LogP) is 5.32. The van der Waals surface area contributed by atoms with Crippen molar-refractivity contribution in [3.8, 4) is 0 Å². The Balaban J connectivity index is 2.12. The maximum atomic E-state index is 13.3. The molecule has 0 radical (unpaired) electrons. The highest BCUT2D eigenvalue weighted by Gasteiger charge is 2.50. The molecule has 4 heteroatoms. The first-order chi connectivity index (χ1) is 14.1. The molecular weight excluding hydrogens is 374 g/mol. The minimum absolute atomic E-state index is 0.0214. The van der Waals surface area contributed by atoms with E-state index in [1.807, 2.05) is 20.8 Å². The number of nitrogens with zero attached hydrogens (tertiary/aromatic N) is 1. The molecule has 4 nitrogen and oxygen atoms in total. The second-order valence-corrected chi connectivity index (χ2v) is 10.1. The standard InChI is InChI=1S/C26H39NO3/c1-8-15(4)19-11-10-18-13-14(3)12-17(6)20(18)21(19)24(28)22-25(29)23(16(5)9-2)27(7)26(22)30/h8,10-11,14,16-21,23,28H,9,12-13H2,1-7H3/b15-8-,24-22-. The lowest BCUT2D eigenvalue weighted by atomic mass is 9.57. The van der Waals surface area contributed by atoms with Gasteiger partial charge in [0.2, 0.25) is 0 Å². The SMILES string of the molecule is C/C=C(/C)C1C=CC2CC(C)CC(C)C2C1/C(O)=C1\C(=O)C(C(C)CC)N(C)C1=O. The van der Waals surface area contributed by atoms with Crippen LogP contribution >= 0.6 is 0 Å². The Morgan fingerprint density at radius 1 is 1.27 bits per heavy atom. The van der Waals surface area contributed by atoms with Crippen LogP contribution in [0.25, 0.3) is 0 Å². The minimum Gasteiger partial charge on any atom is -0.511 e. The Bertz CT molecular complexity index is 792. The van der Waals surface area contributed by atoms with Crippen molar-refractivity contribution >= 4 is 11.7 Å². The summed E-state index contributed by atoms with van der Waals surface area (Å²) in [5, 5.41) is 11.6. The fourth-order valence-electron chi connectivity index (χ4n) is 6.36. The molecule has 0 spiro atoms. The first-order valence-electron chi connectivity index (χ1n) is 11.7. The Hall–Kier alpha value is -1.84. The van der Waals surface area contributed by atoms with E-state index in [0.717, 1.165) is 19.3 Å². The number of rotatable bonds is 4. The number of hydrogen-bond acceptors (Lipinski definition) is 3. The third-order valence-corrected chi connectivity index (χ3v) is 8.17. The van der Waals surface area contributed by atoms with Crippen LogP contribution in [0.2, 0.25) is 0 Å². The molecule has 1 saturated heterocycles. The van der Waals surface area contributed by atoms with Gasteiger partial charge in [-0.25, -0.2) is 0 Å². The van der Waals surface area contributed by atoms with E-state index >= 15 is 0 Å². The maximum absolute atomic E-state index is 13.3. The molecule has 0 bridgehead atoms. The monoisotopic (exact) mass is 413 g/mol. The first-order valence-corrected chi connectivity index (χ1v) is 11.7. The van der Waals surface area contributed by atoms with Crippen LogP contribution in [-0.4, -0.2) is 34.8 Å². The molecule has 1 heterocycles. The van der Waals surface area contributed by atoms with Gasteiger partial charge in [0.1, 0.15) is 11.3 Å². The van der Waals surface area contributed by atoms with E-state index in [-0.39, 0.29) is 46.7 Å². The molecule has 2 fully saturated rings. The Labute approximate surface area is 182 Å². The van der Waals surface area contributed by atoms with Gasteiger partial charge in [0.25, 0.3) is 5.91 Å². The van der Waals surface area contributed by atoms with Crippen molar-refractivity contribution in [2.75, 3.05) is 7.05 Å². The van der Waals surface area contributed by atoms with Gasteiger partial charge in [-0.2, -0.15) is 0 Å². The Morgan fingerprint density at radius 3 is 2.53 bits per heavy atom. The largest absolute Gasteiger partial charge is 0.511 e. The van der Waals surface area contributed by atoms with Gasteiger partial charge in [-0.15, -0.1) is 0 Å². The molecule has 1 aliphatic heterocycles. The molecule has 1 saturated carbocycles. The van der Waals surface area contributed by atoms with E-state index in [1.165, 1.54) is 5.57 Å². The van der Waals surface area contributed by atoms with Crippen LogP contribution in [0.3, 0.4) is 0 Å². The van der Waals surface area contributed by atoms with Gasteiger partial charge in [0.15, 0.2) is 5.78 Å². The fraction of sp³-hybridized carbons (Fsp3) is 0.692. The predicted molar refractivity (Wildman–Crippen MR) is 121 cm³/mol. The van der Waals surface area contributed by atoms with E-state index in [0.29, 0.717) is 17.8 Å². The normalized spacial score (nSPS) is 39.9. The molecule has 0 aromatic rings. The van der Waals surface area contributed by atoms with Crippen LogP contribution in [0.5, 0.6) is 0 Å². The number of carbonyl (C=O) groups excluding carboxylic acids is 2. The number of Topliss-reactive ketones (excluding diaryl/α,β-unsaturated/α-hetero) is 1.